The molecule has 0 amide bonds. The van der Waals surface area contributed by atoms with Crippen molar-refractivity contribution in [3.63, 3.8) is 0 Å². The topological polar surface area (TPSA) is 41.5 Å². The molecule has 1 aromatic carbocycles. The number of aliphatic hydroxyl groups is 1. The van der Waals surface area contributed by atoms with Gasteiger partial charge in [0.2, 0.25) is 0 Å². The summed E-state index contributed by atoms with van der Waals surface area (Å²) in [6, 6.07) is 8.18. The van der Waals surface area contributed by atoms with Gasteiger partial charge in [0.05, 0.1) is 12.2 Å². The van der Waals surface area contributed by atoms with Gasteiger partial charge in [0, 0.05) is 12.1 Å². The van der Waals surface area contributed by atoms with Crippen LogP contribution in [0.3, 0.4) is 0 Å². The van der Waals surface area contributed by atoms with Crippen molar-refractivity contribution in [1.82, 2.24) is 5.32 Å². The highest BCUT2D eigenvalue weighted by molar-refractivity contribution is 5.37. The Balaban J connectivity index is 2.03. The quantitative estimate of drug-likeness (QED) is 0.888. The molecule has 20 heavy (non-hydrogen) atoms. The first kappa shape index (κ1) is 15.3. The lowest BCUT2D eigenvalue weighted by atomic mass is 9.83. The summed E-state index contributed by atoms with van der Waals surface area (Å²) in [6.07, 6.45) is 1.74. The Morgan fingerprint density at radius 1 is 1.25 bits per heavy atom. The Labute approximate surface area is 122 Å². The van der Waals surface area contributed by atoms with E-state index in [4.69, 9.17) is 4.74 Å². The molecular formula is C17H27NO2. The van der Waals surface area contributed by atoms with Gasteiger partial charge in [0.15, 0.2) is 0 Å². The highest BCUT2D eigenvalue weighted by Crippen LogP contribution is 2.38. The van der Waals surface area contributed by atoms with Crippen LogP contribution in [-0.2, 0) is 0 Å². The van der Waals surface area contributed by atoms with E-state index in [1.54, 1.807) is 0 Å². The van der Waals surface area contributed by atoms with E-state index in [-0.39, 0.29) is 5.54 Å². The summed E-state index contributed by atoms with van der Waals surface area (Å²) >= 11 is 0. The van der Waals surface area contributed by atoms with Crippen LogP contribution in [0, 0.1) is 0 Å². The number of nitrogens with one attached hydrogen (secondary N) is 1. The number of benzene rings is 1. The third-order valence-electron chi connectivity index (χ3n) is 3.77. The van der Waals surface area contributed by atoms with Gasteiger partial charge in [0.1, 0.15) is 5.75 Å². The lowest BCUT2D eigenvalue weighted by molar-refractivity contribution is 0.0332. The van der Waals surface area contributed by atoms with Gasteiger partial charge in [0.25, 0.3) is 0 Å². The smallest absolute Gasteiger partial charge is 0.122 e. The molecule has 0 saturated heterocycles. The van der Waals surface area contributed by atoms with Gasteiger partial charge < -0.3 is 15.2 Å². The van der Waals surface area contributed by atoms with Crippen LogP contribution in [0.4, 0.5) is 0 Å². The third-order valence-corrected chi connectivity index (χ3v) is 3.77. The molecule has 0 bridgehead atoms. The zero-order valence-electron chi connectivity index (χ0n) is 13.1. The zero-order valence-corrected chi connectivity index (χ0v) is 13.1. The molecule has 1 aromatic rings. The van der Waals surface area contributed by atoms with Gasteiger partial charge in [-0.1, -0.05) is 18.2 Å². The van der Waals surface area contributed by atoms with Crippen LogP contribution in [0.1, 0.15) is 52.0 Å². The van der Waals surface area contributed by atoms with Crippen molar-refractivity contribution < 1.29 is 9.84 Å². The molecule has 0 fully saturated rings. The van der Waals surface area contributed by atoms with Gasteiger partial charge in [-0.15, -0.1) is 0 Å². The second-order valence-electron chi connectivity index (χ2n) is 7.18. The molecule has 0 radical (unpaired) electrons. The van der Waals surface area contributed by atoms with E-state index in [1.807, 2.05) is 25.1 Å². The monoisotopic (exact) mass is 277 g/mol. The highest BCUT2D eigenvalue weighted by atomic mass is 16.5. The van der Waals surface area contributed by atoms with Crippen molar-refractivity contribution >= 4 is 0 Å². The molecule has 0 saturated carbocycles. The standard InChI is InChI=1S/C17H27NO2/c1-16(2,3)18-12-17(4,19)11-13-9-10-20-15-8-6-5-7-14(13)15/h5-8,13,18-19H,9-12H2,1-4H3. The van der Waals surface area contributed by atoms with E-state index in [1.165, 1.54) is 5.56 Å². The number of fused-ring (bicyclic) bond motifs is 1. The Kier molecular flexibility index (Phi) is 4.40. The summed E-state index contributed by atoms with van der Waals surface area (Å²) in [5.74, 6) is 1.35. The third kappa shape index (κ3) is 4.22. The SMILES string of the molecule is CC(O)(CNC(C)(C)C)CC1CCOc2ccccc21. The molecule has 3 nitrogen and oxygen atoms in total. The number of rotatable bonds is 4. The average molecular weight is 277 g/mol. The van der Waals surface area contributed by atoms with E-state index >= 15 is 0 Å². The van der Waals surface area contributed by atoms with E-state index in [9.17, 15) is 5.11 Å². The molecule has 1 aliphatic heterocycles. The second kappa shape index (κ2) is 5.74. The fourth-order valence-electron chi connectivity index (χ4n) is 2.69. The highest BCUT2D eigenvalue weighted by Gasteiger charge is 2.30. The molecule has 3 heteroatoms. The van der Waals surface area contributed by atoms with Crippen molar-refractivity contribution in [3.05, 3.63) is 29.8 Å². The minimum atomic E-state index is -0.706. The van der Waals surface area contributed by atoms with Crippen molar-refractivity contribution in [2.75, 3.05) is 13.2 Å². The molecule has 1 heterocycles. The lowest BCUT2D eigenvalue weighted by Crippen LogP contribution is -2.47. The molecule has 2 atom stereocenters. The Bertz CT molecular complexity index is 449. The zero-order chi connectivity index (χ0) is 14.8. The van der Waals surface area contributed by atoms with E-state index in [2.05, 4.69) is 32.2 Å². The van der Waals surface area contributed by atoms with Crippen LogP contribution in [0.2, 0.25) is 0 Å². The van der Waals surface area contributed by atoms with Crippen LogP contribution in [0.15, 0.2) is 24.3 Å². The largest absolute Gasteiger partial charge is 0.493 e. The van der Waals surface area contributed by atoms with Gasteiger partial charge in [-0.05, 0) is 58.1 Å². The first-order valence-corrected chi connectivity index (χ1v) is 7.46. The molecule has 0 aliphatic carbocycles. The lowest BCUT2D eigenvalue weighted by Gasteiger charge is -2.34. The van der Waals surface area contributed by atoms with E-state index in [0.717, 1.165) is 25.2 Å². The molecule has 112 valence electrons. The number of ether oxygens (including phenoxy) is 1. The Morgan fingerprint density at radius 3 is 2.65 bits per heavy atom. The predicted molar refractivity (Wildman–Crippen MR) is 82.3 cm³/mol. The predicted octanol–water partition coefficient (Wildman–Crippen LogP) is 3.08. The fourth-order valence-corrected chi connectivity index (χ4v) is 2.69. The second-order valence-corrected chi connectivity index (χ2v) is 7.18. The summed E-state index contributed by atoms with van der Waals surface area (Å²) in [4.78, 5) is 0. The first-order valence-electron chi connectivity index (χ1n) is 7.46. The first-order chi connectivity index (χ1) is 9.27. The van der Waals surface area contributed by atoms with Gasteiger partial charge >= 0.3 is 0 Å². The van der Waals surface area contributed by atoms with Crippen molar-refractivity contribution in [2.24, 2.45) is 0 Å². The van der Waals surface area contributed by atoms with Crippen molar-refractivity contribution in [2.45, 2.75) is 57.6 Å². The van der Waals surface area contributed by atoms with Crippen LogP contribution in [-0.4, -0.2) is 29.4 Å². The molecule has 0 aromatic heterocycles. The minimum absolute atomic E-state index is 0.0254. The average Bonchev–Trinajstić information content (AvgIpc) is 2.36. The van der Waals surface area contributed by atoms with Crippen LogP contribution in [0.5, 0.6) is 5.75 Å². The summed E-state index contributed by atoms with van der Waals surface area (Å²) in [5.41, 5.74) is 0.551. The van der Waals surface area contributed by atoms with Gasteiger partial charge in [-0.3, -0.25) is 0 Å². The number of para-hydroxylation sites is 1. The van der Waals surface area contributed by atoms with E-state index in [0.29, 0.717) is 12.5 Å². The Morgan fingerprint density at radius 2 is 1.95 bits per heavy atom. The van der Waals surface area contributed by atoms with Crippen LogP contribution < -0.4 is 10.1 Å². The Hall–Kier alpha value is -1.06. The maximum Gasteiger partial charge on any atom is 0.122 e. The molecule has 2 rings (SSSR count). The molecular weight excluding hydrogens is 250 g/mol. The van der Waals surface area contributed by atoms with Crippen molar-refractivity contribution in [1.29, 1.82) is 0 Å². The molecule has 2 unspecified atom stereocenters. The summed E-state index contributed by atoms with van der Waals surface area (Å²) in [5, 5.41) is 14.0. The number of hydrogen-bond donors (Lipinski definition) is 2. The van der Waals surface area contributed by atoms with Crippen LogP contribution in [0.25, 0.3) is 0 Å². The maximum atomic E-state index is 10.7. The number of hydrogen-bond acceptors (Lipinski definition) is 3. The van der Waals surface area contributed by atoms with Gasteiger partial charge in [-0.25, -0.2) is 0 Å². The van der Waals surface area contributed by atoms with Crippen molar-refractivity contribution in [3.8, 4) is 5.75 Å². The van der Waals surface area contributed by atoms with Crippen LogP contribution >= 0.6 is 0 Å². The fraction of sp³-hybridized carbons (Fsp3) is 0.647. The normalized spacial score (nSPS) is 21.8. The minimum Gasteiger partial charge on any atom is -0.493 e. The van der Waals surface area contributed by atoms with Gasteiger partial charge in [-0.2, -0.15) is 0 Å². The maximum absolute atomic E-state index is 10.7. The summed E-state index contributed by atoms with van der Waals surface area (Å²) in [6.45, 7) is 9.62. The number of β-amino-alcohol motifs (C(OH)–C–C–N with tert-alkyl or cyclic N) is 1. The summed E-state index contributed by atoms with van der Waals surface area (Å²) in [7, 11) is 0. The molecule has 1 aliphatic rings. The summed E-state index contributed by atoms with van der Waals surface area (Å²) < 4.78 is 5.69. The molecule has 0 spiro atoms. The van der Waals surface area contributed by atoms with E-state index < -0.39 is 5.60 Å². The molecule has 2 N–H and O–H groups in total.